The second kappa shape index (κ2) is 8.28. The van der Waals surface area contributed by atoms with Crippen LogP contribution < -0.4 is 16.2 Å². The van der Waals surface area contributed by atoms with Gasteiger partial charge in [0, 0.05) is 50.8 Å². The predicted octanol–water partition coefficient (Wildman–Crippen LogP) is 2.68. The Morgan fingerprint density at radius 1 is 1.10 bits per heavy atom. The minimum atomic E-state index is -0.106. The van der Waals surface area contributed by atoms with E-state index in [0.29, 0.717) is 28.3 Å². The Morgan fingerprint density at radius 3 is 2.59 bits per heavy atom. The van der Waals surface area contributed by atoms with Crippen molar-refractivity contribution >= 4 is 28.3 Å². The molecule has 0 bridgehead atoms. The Labute approximate surface area is 168 Å². The molecule has 0 amide bonds. The van der Waals surface area contributed by atoms with Crippen LogP contribution in [0.2, 0.25) is 0 Å². The number of carbonyl (C=O) groups is 1. The number of benzene rings is 2. The Bertz CT molecular complexity index is 1120. The molecule has 4 rings (SSSR count). The van der Waals surface area contributed by atoms with Gasteiger partial charge in [-0.2, -0.15) is 5.10 Å². The molecule has 1 aliphatic rings. The topological polar surface area (TPSA) is 86.9 Å². The molecule has 0 saturated carbocycles. The fourth-order valence-electron chi connectivity index (χ4n) is 3.34. The highest BCUT2D eigenvalue weighted by atomic mass is 16.3. The van der Waals surface area contributed by atoms with Crippen molar-refractivity contribution in [2.45, 2.75) is 6.92 Å². The first-order valence-corrected chi connectivity index (χ1v) is 9.55. The molecule has 1 saturated heterocycles. The molecule has 0 spiro atoms. The molecular formula is C22H22N4O3. The number of piperazine rings is 1. The van der Waals surface area contributed by atoms with Gasteiger partial charge in [-0.3, -0.25) is 15.0 Å². The van der Waals surface area contributed by atoms with Crippen LogP contribution in [0.1, 0.15) is 6.92 Å². The summed E-state index contributed by atoms with van der Waals surface area (Å²) >= 11 is 0. The van der Waals surface area contributed by atoms with E-state index < -0.39 is 0 Å². The van der Waals surface area contributed by atoms with E-state index in [4.69, 9.17) is 4.42 Å². The number of hydrazone groups is 1. The van der Waals surface area contributed by atoms with E-state index in [0.717, 1.165) is 31.7 Å². The predicted molar refractivity (Wildman–Crippen MR) is 114 cm³/mol. The van der Waals surface area contributed by atoms with Gasteiger partial charge in [-0.15, -0.1) is 0 Å². The molecule has 1 fully saturated rings. The van der Waals surface area contributed by atoms with Gasteiger partial charge in [0.1, 0.15) is 11.3 Å². The van der Waals surface area contributed by atoms with Crippen molar-refractivity contribution < 1.29 is 9.21 Å². The highest BCUT2D eigenvalue weighted by molar-refractivity contribution is 6.37. The lowest BCUT2D eigenvalue weighted by molar-refractivity contribution is -0.111. The summed E-state index contributed by atoms with van der Waals surface area (Å²) in [5.41, 5.74) is 4.76. The summed E-state index contributed by atoms with van der Waals surface area (Å²) in [5.74, 6) is 0.804. The van der Waals surface area contributed by atoms with Crippen molar-refractivity contribution in [2.24, 2.45) is 5.10 Å². The first-order valence-electron chi connectivity index (χ1n) is 9.55. The van der Waals surface area contributed by atoms with Gasteiger partial charge in [-0.25, -0.2) is 0 Å². The number of Topliss-reactive ketones (excluding diaryl/α,β-unsaturated/α-hetero) is 1. The van der Waals surface area contributed by atoms with Crippen LogP contribution in [0, 0.1) is 0 Å². The van der Waals surface area contributed by atoms with Crippen molar-refractivity contribution in [1.29, 1.82) is 0 Å². The standard InChI is InChI=1S/C22H22N4O3/c1-15(27)22(26-11-9-23-10-12-26)25-24-17-7-8-18-19(28)14-20(29-21(18)13-17)16-5-3-2-4-6-16/h2-8,13-14,23-24H,9-12H2,1H3/b25-22-. The zero-order valence-corrected chi connectivity index (χ0v) is 16.1. The number of amidine groups is 1. The minimum absolute atomic E-state index is 0.0990. The Balaban J connectivity index is 1.65. The number of hydrogen-bond acceptors (Lipinski definition) is 6. The van der Waals surface area contributed by atoms with E-state index >= 15 is 0 Å². The summed E-state index contributed by atoms with van der Waals surface area (Å²) in [5, 5.41) is 8.07. The SMILES string of the molecule is CC(=O)/C(=N/Nc1ccc2c(=O)cc(-c3ccccc3)oc2c1)N1CCNCC1. The average Bonchev–Trinajstić information content (AvgIpc) is 2.75. The van der Waals surface area contributed by atoms with Crippen molar-refractivity contribution in [3.63, 3.8) is 0 Å². The maximum absolute atomic E-state index is 12.5. The van der Waals surface area contributed by atoms with Crippen molar-refractivity contribution in [3.8, 4) is 11.3 Å². The lowest BCUT2D eigenvalue weighted by atomic mass is 10.1. The summed E-state index contributed by atoms with van der Waals surface area (Å²) in [6.07, 6.45) is 0. The lowest BCUT2D eigenvalue weighted by Crippen LogP contribution is -2.48. The minimum Gasteiger partial charge on any atom is -0.456 e. The van der Waals surface area contributed by atoms with Crippen LogP contribution in [0.25, 0.3) is 22.3 Å². The molecule has 0 radical (unpaired) electrons. The largest absolute Gasteiger partial charge is 0.456 e. The average molecular weight is 390 g/mol. The van der Waals surface area contributed by atoms with Gasteiger partial charge in [0.25, 0.3) is 0 Å². The molecule has 29 heavy (non-hydrogen) atoms. The van der Waals surface area contributed by atoms with E-state index in [1.807, 2.05) is 35.2 Å². The van der Waals surface area contributed by atoms with E-state index in [1.54, 1.807) is 18.2 Å². The summed E-state index contributed by atoms with van der Waals surface area (Å²) in [4.78, 5) is 26.5. The number of nitrogens with zero attached hydrogens (tertiary/aromatic N) is 2. The first kappa shape index (κ1) is 18.9. The van der Waals surface area contributed by atoms with Crippen molar-refractivity contribution in [1.82, 2.24) is 10.2 Å². The van der Waals surface area contributed by atoms with Gasteiger partial charge in [-0.05, 0) is 12.1 Å². The normalized spacial score (nSPS) is 14.8. The molecule has 0 aliphatic carbocycles. The lowest BCUT2D eigenvalue weighted by Gasteiger charge is -2.29. The molecule has 2 heterocycles. The number of nitrogens with one attached hydrogen (secondary N) is 2. The van der Waals surface area contributed by atoms with Crippen molar-refractivity contribution in [2.75, 3.05) is 31.6 Å². The van der Waals surface area contributed by atoms with Crippen LogP contribution in [0.15, 0.2) is 68.9 Å². The van der Waals surface area contributed by atoms with Gasteiger partial charge in [-0.1, -0.05) is 30.3 Å². The van der Waals surface area contributed by atoms with Crippen LogP contribution in [0.5, 0.6) is 0 Å². The molecule has 0 unspecified atom stereocenters. The molecule has 7 heteroatoms. The smallest absolute Gasteiger partial charge is 0.196 e. The number of carbonyl (C=O) groups excluding carboxylic acids is 1. The maximum Gasteiger partial charge on any atom is 0.196 e. The van der Waals surface area contributed by atoms with Crippen LogP contribution >= 0.6 is 0 Å². The van der Waals surface area contributed by atoms with Gasteiger partial charge in [0.2, 0.25) is 0 Å². The van der Waals surface area contributed by atoms with Crippen LogP contribution in [0.3, 0.4) is 0 Å². The molecule has 148 valence electrons. The monoisotopic (exact) mass is 390 g/mol. The van der Waals surface area contributed by atoms with Crippen molar-refractivity contribution in [3.05, 3.63) is 64.8 Å². The molecular weight excluding hydrogens is 368 g/mol. The quantitative estimate of drug-likeness (QED) is 0.405. The highest BCUT2D eigenvalue weighted by Crippen LogP contribution is 2.24. The molecule has 3 aromatic rings. The second-order valence-corrected chi connectivity index (χ2v) is 6.89. The molecule has 0 atom stereocenters. The van der Waals surface area contributed by atoms with E-state index in [2.05, 4.69) is 15.8 Å². The number of rotatable bonds is 4. The molecule has 7 nitrogen and oxygen atoms in total. The highest BCUT2D eigenvalue weighted by Gasteiger charge is 2.18. The summed E-state index contributed by atoms with van der Waals surface area (Å²) in [7, 11) is 0. The molecule has 1 aromatic heterocycles. The zero-order valence-electron chi connectivity index (χ0n) is 16.1. The van der Waals surface area contributed by atoms with Gasteiger partial charge < -0.3 is 14.6 Å². The van der Waals surface area contributed by atoms with Crippen LogP contribution in [0.4, 0.5) is 5.69 Å². The fraction of sp³-hybridized carbons (Fsp3) is 0.227. The molecule has 2 aromatic carbocycles. The second-order valence-electron chi connectivity index (χ2n) is 6.89. The molecule has 2 N–H and O–H groups in total. The Morgan fingerprint density at radius 2 is 1.86 bits per heavy atom. The third-order valence-electron chi connectivity index (χ3n) is 4.81. The summed E-state index contributed by atoms with van der Waals surface area (Å²) in [6, 6.07) is 16.2. The third-order valence-corrected chi connectivity index (χ3v) is 4.81. The van der Waals surface area contributed by atoms with E-state index in [1.165, 1.54) is 13.0 Å². The first-order chi connectivity index (χ1) is 14.1. The zero-order chi connectivity index (χ0) is 20.2. The number of anilines is 1. The fourth-order valence-corrected chi connectivity index (χ4v) is 3.34. The summed E-state index contributed by atoms with van der Waals surface area (Å²) in [6.45, 7) is 4.60. The van der Waals surface area contributed by atoms with Gasteiger partial charge in [0.05, 0.1) is 11.1 Å². The van der Waals surface area contributed by atoms with E-state index in [9.17, 15) is 9.59 Å². The maximum atomic E-state index is 12.5. The number of hydrogen-bond donors (Lipinski definition) is 2. The van der Waals surface area contributed by atoms with Gasteiger partial charge in [0.15, 0.2) is 17.0 Å². The Kier molecular flexibility index (Phi) is 5.39. The molecule has 1 aliphatic heterocycles. The number of ketones is 1. The summed E-state index contributed by atoms with van der Waals surface area (Å²) < 4.78 is 5.97. The van der Waals surface area contributed by atoms with E-state index in [-0.39, 0.29) is 11.2 Å². The van der Waals surface area contributed by atoms with Crippen LogP contribution in [-0.4, -0.2) is 42.7 Å². The third kappa shape index (κ3) is 4.20. The Hall–Kier alpha value is -3.45. The number of fused-ring (bicyclic) bond motifs is 1. The van der Waals surface area contributed by atoms with Gasteiger partial charge >= 0.3 is 0 Å². The van der Waals surface area contributed by atoms with Crippen LogP contribution in [-0.2, 0) is 4.79 Å².